The summed E-state index contributed by atoms with van der Waals surface area (Å²) in [5, 5.41) is 8.37. The van der Waals surface area contributed by atoms with Crippen LogP contribution in [0.5, 0.6) is 0 Å². The monoisotopic (exact) mass is 202 g/mol. The highest BCUT2D eigenvalue weighted by Crippen LogP contribution is 2.08. The summed E-state index contributed by atoms with van der Waals surface area (Å²) in [6.07, 6.45) is 1.03. The lowest BCUT2D eigenvalue weighted by atomic mass is 10.0. The molecule has 78 valence electrons. The fourth-order valence-corrected chi connectivity index (χ4v) is 1.32. The van der Waals surface area contributed by atoms with Crippen molar-refractivity contribution in [3.63, 3.8) is 0 Å². The molecule has 15 heavy (non-hydrogen) atoms. The number of hydrogen-bond acceptors (Lipinski definition) is 1. The van der Waals surface area contributed by atoms with Crippen molar-refractivity contribution in [1.29, 1.82) is 0 Å². The molecule has 0 aliphatic rings. The predicted molar refractivity (Wildman–Crippen MR) is 59.5 cm³/mol. The van der Waals surface area contributed by atoms with Crippen molar-refractivity contribution in [2.75, 3.05) is 0 Å². The van der Waals surface area contributed by atoms with Crippen LogP contribution < -0.4 is 0 Å². The van der Waals surface area contributed by atoms with Crippen molar-refractivity contribution in [2.24, 2.45) is 5.92 Å². The van der Waals surface area contributed by atoms with Gasteiger partial charge in [-0.15, -0.1) is 0 Å². The lowest BCUT2D eigenvalue weighted by Gasteiger charge is -2.03. The van der Waals surface area contributed by atoms with Crippen LogP contribution in [-0.2, 0) is 11.2 Å². The number of carboxylic acid groups (broad SMARTS) is 1. The van der Waals surface area contributed by atoms with Gasteiger partial charge in [-0.25, -0.2) is 4.79 Å². The van der Waals surface area contributed by atoms with Gasteiger partial charge in [0.15, 0.2) is 0 Å². The van der Waals surface area contributed by atoms with Crippen molar-refractivity contribution < 1.29 is 9.90 Å². The van der Waals surface area contributed by atoms with Gasteiger partial charge in [-0.3, -0.25) is 0 Å². The summed E-state index contributed by atoms with van der Waals surface area (Å²) in [4.78, 5) is 10.2. The molecule has 1 aromatic rings. The van der Waals surface area contributed by atoms with E-state index < -0.39 is 5.97 Å². The molecule has 2 nitrogen and oxygen atoms in total. The minimum Gasteiger partial charge on any atom is -0.472 e. The zero-order valence-corrected chi connectivity index (χ0v) is 8.95. The summed E-state index contributed by atoms with van der Waals surface area (Å²) in [5.41, 5.74) is 2.00. The van der Waals surface area contributed by atoms with Crippen molar-refractivity contribution >= 4 is 5.97 Å². The number of carbonyl (C=O) groups is 1. The van der Waals surface area contributed by atoms with Crippen LogP contribution in [0.1, 0.15) is 25.0 Å². The van der Waals surface area contributed by atoms with E-state index in [9.17, 15) is 4.79 Å². The number of benzene rings is 1. The molecule has 1 rings (SSSR count). The second-order valence-electron chi connectivity index (χ2n) is 3.85. The maximum atomic E-state index is 10.2. The Labute approximate surface area is 89.9 Å². The van der Waals surface area contributed by atoms with Gasteiger partial charge >= 0.3 is 5.97 Å². The number of rotatable bonds is 2. The van der Waals surface area contributed by atoms with Crippen LogP contribution in [0, 0.1) is 17.8 Å². The summed E-state index contributed by atoms with van der Waals surface area (Å²) < 4.78 is 0. The molecule has 0 fully saturated rings. The molecule has 0 unspecified atom stereocenters. The molecule has 0 amide bonds. The molecule has 1 N–H and O–H groups in total. The Hall–Kier alpha value is -1.75. The van der Waals surface area contributed by atoms with E-state index in [4.69, 9.17) is 5.11 Å². The standard InChI is InChI=1S/C13H14O2/c1-10(2)9-12-5-3-11(4-6-12)7-8-13(14)15/h3-6,10H,9H2,1-2H3,(H,14,15). The molecular weight excluding hydrogens is 188 g/mol. The molecule has 0 heterocycles. The lowest BCUT2D eigenvalue weighted by Crippen LogP contribution is -1.93. The van der Waals surface area contributed by atoms with Gasteiger partial charge in [0.1, 0.15) is 0 Å². The topological polar surface area (TPSA) is 37.3 Å². The van der Waals surface area contributed by atoms with Gasteiger partial charge in [-0.05, 0) is 30.0 Å². The largest absolute Gasteiger partial charge is 0.472 e. The second-order valence-corrected chi connectivity index (χ2v) is 3.85. The summed E-state index contributed by atoms with van der Waals surface area (Å²) in [7, 11) is 0. The first-order valence-electron chi connectivity index (χ1n) is 4.92. The quantitative estimate of drug-likeness (QED) is 0.747. The summed E-state index contributed by atoms with van der Waals surface area (Å²) in [6, 6.07) is 7.69. The van der Waals surface area contributed by atoms with E-state index >= 15 is 0 Å². The first kappa shape index (κ1) is 11.3. The first-order chi connectivity index (χ1) is 7.08. The molecule has 0 aliphatic carbocycles. The third-order valence-electron chi connectivity index (χ3n) is 1.91. The molecule has 0 radical (unpaired) electrons. The Balaban J connectivity index is 2.74. The lowest BCUT2D eigenvalue weighted by molar-refractivity contribution is -0.130. The molecule has 0 bridgehead atoms. The van der Waals surface area contributed by atoms with Crippen LogP contribution in [0.25, 0.3) is 0 Å². The van der Waals surface area contributed by atoms with E-state index in [1.54, 1.807) is 0 Å². The normalized spacial score (nSPS) is 9.53. The van der Waals surface area contributed by atoms with E-state index in [-0.39, 0.29) is 0 Å². The zero-order valence-electron chi connectivity index (χ0n) is 8.95. The van der Waals surface area contributed by atoms with Gasteiger partial charge in [-0.2, -0.15) is 0 Å². The summed E-state index contributed by atoms with van der Waals surface area (Å²) >= 11 is 0. The molecule has 2 heteroatoms. The molecule has 1 aromatic carbocycles. The van der Waals surface area contributed by atoms with Gasteiger partial charge < -0.3 is 5.11 Å². The maximum Gasteiger partial charge on any atom is 0.382 e. The Morgan fingerprint density at radius 2 is 1.93 bits per heavy atom. The molecule has 0 saturated carbocycles. The van der Waals surface area contributed by atoms with Crippen molar-refractivity contribution in [3.05, 3.63) is 35.4 Å². The first-order valence-corrected chi connectivity index (χ1v) is 4.92. The SMILES string of the molecule is CC(C)Cc1ccc(C#CC(=O)O)cc1. The predicted octanol–water partition coefficient (Wildman–Crippen LogP) is 2.32. The number of aliphatic carboxylic acids is 1. The second kappa shape index (κ2) is 5.21. The average Bonchev–Trinajstić information content (AvgIpc) is 2.16. The van der Waals surface area contributed by atoms with E-state index in [0.29, 0.717) is 5.92 Å². The maximum absolute atomic E-state index is 10.2. The van der Waals surface area contributed by atoms with E-state index in [1.807, 2.05) is 24.3 Å². The van der Waals surface area contributed by atoms with Crippen molar-refractivity contribution in [1.82, 2.24) is 0 Å². The van der Waals surface area contributed by atoms with Crippen LogP contribution >= 0.6 is 0 Å². The molecule has 0 saturated heterocycles. The summed E-state index contributed by atoms with van der Waals surface area (Å²) in [6.45, 7) is 4.33. The molecule has 0 atom stereocenters. The van der Waals surface area contributed by atoms with Crippen LogP contribution in [0.3, 0.4) is 0 Å². The van der Waals surface area contributed by atoms with Gasteiger partial charge in [0.25, 0.3) is 0 Å². The van der Waals surface area contributed by atoms with E-state index in [1.165, 1.54) is 5.56 Å². The minimum atomic E-state index is -1.10. The molecule has 0 aliphatic heterocycles. The smallest absolute Gasteiger partial charge is 0.382 e. The van der Waals surface area contributed by atoms with Gasteiger partial charge in [0.05, 0.1) is 0 Å². The zero-order chi connectivity index (χ0) is 11.3. The van der Waals surface area contributed by atoms with Crippen LogP contribution in [0.15, 0.2) is 24.3 Å². The highest BCUT2D eigenvalue weighted by molar-refractivity contribution is 5.87. The minimum absolute atomic E-state index is 0.626. The third-order valence-corrected chi connectivity index (χ3v) is 1.91. The summed E-state index contributed by atoms with van der Waals surface area (Å²) in [5.74, 6) is 4.19. The van der Waals surface area contributed by atoms with E-state index in [0.717, 1.165) is 12.0 Å². The Morgan fingerprint density at radius 1 is 1.33 bits per heavy atom. The Kier molecular flexibility index (Phi) is 3.93. The molecular formula is C13H14O2. The third kappa shape index (κ3) is 4.33. The van der Waals surface area contributed by atoms with Crippen molar-refractivity contribution in [3.8, 4) is 11.8 Å². The van der Waals surface area contributed by atoms with Crippen LogP contribution in [0.2, 0.25) is 0 Å². The Bertz CT molecular complexity index is 391. The van der Waals surface area contributed by atoms with Gasteiger partial charge in [0.2, 0.25) is 0 Å². The fourth-order valence-electron chi connectivity index (χ4n) is 1.32. The fraction of sp³-hybridized carbons (Fsp3) is 0.308. The van der Waals surface area contributed by atoms with Crippen LogP contribution in [-0.4, -0.2) is 11.1 Å². The number of hydrogen-bond donors (Lipinski definition) is 1. The van der Waals surface area contributed by atoms with Gasteiger partial charge in [0, 0.05) is 11.5 Å². The van der Waals surface area contributed by atoms with Crippen molar-refractivity contribution in [2.45, 2.75) is 20.3 Å². The highest BCUT2D eigenvalue weighted by Gasteiger charge is 1.96. The number of carboxylic acids is 1. The Morgan fingerprint density at radius 3 is 2.40 bits per heavy atom. The molecule has 0 spiro atoms. The van der Waals surface area contributed by atoms with E-state index in [2.05, 4.69) is 25.7 Å². The molecule has 0 aromatic heterocycles. The average molecular weight is 202 g/mol. The van der Waals surface area contributed by atoms with Crippen LogP contribution in [0.4, 0.5) is 0 Å². The van der Waals surface area contributed by atoms with Gasteiger partial charge in [-0.1, -0.05) is 31.9 Å². The highest BCUT2D eigenvalue weighted by atomic mass is 16.4.